The molecule has 2 aliphatic rings. The second-order valence-electron chi connectivity index (χ2n) is 6.90. The van der Waals surface area contributed by atoms with Crippen LogP contribution in [0.25, 0.3) is 0 Å². The summed E-state index contributed by atoms with van der Waals surface area (Å²) in [6.45, 7) is 3.37. The summed E-state index contributed by atoms with van der Waals surface area (Å²) in [5, 5.41) is 0. The molecule has 0 bridgehead atoms. The molecule has 0 N–H and O–H groups in total. The number of nitrogens with zero attached hydrogens (tertiary/aromatic N) is 2. The van der Waals surface area contributed by atoms with Crippen LogP contribution in [0.2, 0.25) is 0 Å². The highest BCUT2D eigenvalue weighted by Crippen LogP contribution is 2.27. The summed E-state index contributed by atoms with van der Waals surface area (Å²) < 4.78 is 4.97. The Morgan fingerprint density at radius 3 is 2.09 bits per heavy atom. The number of hydrogen-bond acceptors (Lipinski definition) is 3. The maximum Gasteiger partial charge on any atom is 0.224 e. The van der Waals surface area contributed by atoms with Crippen molar-refractivity contribution >= 4 is 11.8 Å². The lowest BCUT2D eigenvalue weighted by molar-refractivity contribution is -0.134. The van der Waals surface area contributed by atoms with Crippen molar-refractivity contribution in [3.8, 4) is 0 Å². The van der Waals surface area contributed by atoms with Gasteiger partial charge in [0.05, 0.1) is 13.0 Å². The Balaban J connectivity index is 1.71. The number of rotatable bonds is 6. The van der Waals surface area contributed by atoms with Crippen LogP contribution in [0.1, 0.15) is 57.8 Å². The highest BCUT2D eigenvalue weighted by Gasteiger charge is 2.22. The SMILES string of the molecule is COCCC(=O)N1CCCN(C(=O)CCC2CCCCC2)CC1. The second kappa shape index (κ2) is 9.91. The van der Waals surface area contributed by atoms with Gasteiger partial charge in [-0.25, -0.2) is 0 Å². The van der Waals surface area contributed by atoms with Gasteiger partial charge in [-0.2, -0.15) is 0 Å². The van der Waals surface area contributed by atoms with E-state index in [9.17, 15) is 9.59 Å². The Labute approximate surface area is 140 Å². The van der Waals surface area contributed by atoms with Crippen molar-refractivity contribution in [1.29, 1.82) is 0 Å². The minimum Gasteiger partial charge on any atom is -0.384 e. The van der Waals surface area contributed by atoms with E-state index < -0.39 is 0 Å². The predicted molar refractivity (Wildman–Crippen MR) is 90.1 cm³/mol. The van der Waals surface area contributed by atoms with Crippen molar-refractivity contribution in [3.63, 3.8) is 0 Å². The van der Waals surface area contributed by atoms with Crippen molar-refractivity contribution in [2.45, 2.75) is 57.8 Å². The van der Waals surface area contributed by atoms with Gasteiger partial charge in [0.1, 0.15) is 0 Å². The lowest BCUT2D eigenvalue weighted by Gasteiger charge is -2.24. The summed E-state index contributed by atoms with van der Waals surface area (Å²) in [4.78, 5) is 28.4. The van der Waals surface area contributed by atoms with Gasteiger partial charge in [0.15, 0.2) is 0 Å². The molecule has 0 radical (unpaired) electrons. The molecule has 0 aromatic heterocycles. The molecule has 2 amide bonds. The Kier molecular flexibility index (Phi) is 7.86. The molecule has 2 fully saturated rings. The average Bonchev–Trinajstić information content (AvgIpc) is 2.84. The van der Waals surface area contributed by atoms with Crippen LogP contribution in [-0.4, -0.2) is 61.5 Å². The van der Waals surface area contributed by atoms with Crippen LogP contribution < -0.4 is 0 Å². The molecule has 0 spiro atoms. The fraction of sp³-hybridized carbons (Fsp3) is 0.889. The zero-order valence-electron chi connectivity index (χ0n) is 14.6. The zero-order valence-corrected chi connectivity index (χ0v) is 14.6. The number of carbonyl (C=O) groups excluding carboxylic acids is 2. The van der Waals surface area contributed by atoms with Crippen molar-refractivity contribution in [1.82, 2.24) is 9.80 Å². The van der Waals surface area contributed by atoms with Crippen LogP contribution in [0.4, 0.5) is 0 Å². The predicted octanol–water partition coefficient (Wildman–Crippen LogP) is 2.44. The third-order valence-electron chi connectivity index (χ3n) is 5.21. The van der Waals surface area contributed by atoms with Gasteiger partial charge < -0.3 is 14.5 Å². The van der Waals surface area contributed by atoms with E-state index in [2.05, 4.69) is 0 Å². The molecular weight excluding hydrogens is 292 g/mol. The van der Waals surface area contributed by atoms with Crippen LogP contribution in [-0.2, 0) is 14.3 Å². The Morgan fingerprint density at radius 1 is 0.870 bits per heavy atom. The molecule has 1 saturated heterocycles. The standard InChI is InChI=1S/C18H32N2O3/c1-23-15-10-18(22)20-12-5-11-19(13-14-20)17(21)9-8-16-6-3-2-4-7-16/h16H,2-15H2,1H3. The zero-order chi connectivity index (χ0) is 16.5. The summed E-state index contributed by atoms with van der Waals surface area (Å²) in [5.74, 6) is 1.18. The van der Waals surface area contributed by atoms with E-state index in [0.717, 1.165) is 31.8 Å². The molecular formula is C18H32N2O3. The van der Waals surface area contributed by atoms with Gasteiger partial charge in [-0.15, -0.1) is 0 Å². The highest BCUT2D eigenvalue weighted by molar-refractivity contribution is 5.77. The molecule has 1 aliphatic carbocycles. The van der Waals surface area contributed by atoms with Crippen LogP contribution in [0.15, 0.2) is 0 Å². The number of amides is 2. The summed E-state index contributed by atoms with van der Waals surface area (Å²) >= 11 is 0. The molecule has 1 saturated carbocycles. The molecule has 5 heteroatoms. The Bertz CT molecular complexity index is 380. The summed E-state index contributed by atoms with van der Waals surface area (Å²) in [7, 11) is 1.61. The van der Waals surface area contributed by atoms with Gasteiger partial charge >= 0.3 is 0 Å². The van der Waals surface area contributed by atoms with Crippen LogP contribution in [0, 0.1) is 5.92 Å². The van der Waals surface area contributed by atoms with Crippen molar-refractivity contribution in [3.05, 3.63) is 0 Å². The normalized spacial score (nSPS) is 20.4. The molecule has 0 unspecified atom stereocenters. The van der Waals surface area contributed by atoms with E-state index in [1.165, 1.54) is 32.1 Å². The van der Waals surface area contributed by atoms with Gasteiger partial charge in [-0.05, 0) is 18.8 Å². The summed E-state index contributed by atoms with van der Waals surface area (Å²) in [6, 6.07) is 0. The van der Waals surface area contributed by atoms with E-state index in [-0.39, 0.29) is 11.8 Å². The van der Waals surface area contributed by atoms with Gasteiger partial charge in [0.25, 0.3) is 0 Å². The fourth-order valence-electron chi connectivity index (χ4n) is 3.73. The largest absolute Gasteiger partial charge is 0.384 e. The van der Waals surface area contributed by atoms with Crippen LogP contribution in [0.5, 0.6) is 0 Å². The molecule has 1 aliphatic heterocycles. The maximum atomic E-state index is 12.4. The van der Waals surface area contributed by atoms with Crippen molar-refractivity contribution in [2.24, 2.45) is 5.92 Å². The third kappa shape index (κ3) is 6.13. The van der Waals surface area contributed by atoms with Crippen molar-refractivity contribution in [2.75, 3.05) is 39.9 Å². The fourth-order valence-corrected chi connectivity index (χ4v) is 3.73. The molecule has 0 atom stereocenters. The number of carbonyl (C=O) groups is 2. The van der Waals surface area contributed by atoms with Gasteiger partial charge in [0, 0.05) is 39.7 Å². The highest BCUT2D eigenvalue weighted by atomic mass is 16.5. The first kappa shape index (κ1) is 18.2. The maximum absolute atomic E-state index is 12.4. The monoisotopic (exact) mass is 324 g/mol. The van der Waals surface area contributed by atoms with Crippen molar-refractivity contribution < 1.29 is 14.3 Å². The number of methoxy groups -OCH3 is 1. The lowest BCUT2D eigenvalue weighted by Crippen LogP contribution is -2.37. The van der Waals surface area contributed by atoms with Crippen LogP contribution >= 0.6 is 0 Å². The first-order chi connectivity index (χ1) is 11.2. The number of ether oxygens (including phenoxy) is 1. The van der Waals surface area contributed by atoms with Crippen LogP contribution in [0.3, 0.4) is 0 Å². The van der Waals surface area contributed by atoms with Gasteiger partial charge in [-0.1, -0.05) is 32.1 Å². The number of hydrogen-bond donors (Lipinski definition) is 0. The smallest absolute Gasteiger partial charge is 0.224 e. The summed E-state index contributed by atoms with van der Waals surface area (Å²) in [6.07, 6.45) is 9.68. The molecule has 2 rings (SSSR count). The minimum absolute atomic E-state index is 0.142. The molecule has 23 heavy (non-hydrogen) atoms. The molecule has 5 nitrogen and oxygen atoms in total. The molecule has 1 heterocycles. The Morgan fingerprint density at radius 2 is 1.48 bits per heavy atom. The summed E-state index contributed by atoms with van der Waals surface area (Å²) in [5.41, 5.74) is 0. The molecule has 0 aromatic carbocycles. The third-order valence-corrected chi connectivity index (χ3v) is 5.21. The van der Waals surface area contributed by atoms with Gasteiger partial charge in [0.2, 0.25) is 11.8 Å². The minimum atomic E-state index is 0.142. The van der Waals surface area contributed by atoms with E-state index in [1.807, 2.05) is 9.80 Å². The second-order valence-corrected chi connectivity index (χ2v) is 6.90. The van der Waals surface area contributed by atoms with E-state index >= 15 is 0 Å². The topological polar surface area (TPSA) is 49.9 Å². The quantitative estimate of drug-likeness (QED) is 0.754. The first-order valence-corrected chi connectivity index (χ1v) is 9.25. The van der Waals surface area contributed by atoms with Gasteiger partial charge in [-0.3, -0.25) is 9.59 Å². The first-order valence-electron chi connectivity index (χ1n) is 9.25. The Hall–Kier alpha value is -1.10. The molecule has 132 valence electrons. The van der Waals surface area contributed by atoms with E-state index in [1.54, 1.807) is 7.11 Å². The lowest BCUT2D eigenvalue weighted by atomic mass is 9.86. The average molecular weight is 324 g/mol. The van der Waals surface area contributed by atoms with E-state index in [4.69, 9.17) is 4.74 Å². The molecule has 0 aromatic rings. The van der Waals surface area contributed by atoms with E-state index in [0.29, 0.717) is 32.5 Å².